The summed E-state index contributed by atoms with van der Waals surface area (Å²) >= 11 is 5.82. The van der Waals surface area contributed by atoms with Crippen LogP contribution in [-0.4, -0.2) is 29.7 Å². The monoisotopic (exact) mass is 254 g/mol. The number of nitrogens with zero attached hydrogens (tertiary/aromatic N) is 1. The van der Waals surface area contributed by atoms with Crippen molar-refractivity contribution < 1.29 is 9.53 Å². The van der Waals surface area contributed by atoms with Crippen LogP contribution in [0.15, 0.2) is 24.3 Å². The molecule has 1 atom stereocenters. The molecule has 0 aromatic heterocycles. The zero-order valence-corrected chi connectivity index (χ0v) is 10.4. The van der Waals surface area contributed by atoms with Gasteiger partial charge in [0.05, 0.1) is 5.54 Å². The first-order valence-electron chi connectivity index (χ1n) is 5.44. The lowest BCUT2D eigenvalue weighted by atomic mass is 10.0. The molecule has 0 bridgehead atoms. The third-order valence-electron chi connectivity index (χ3n) is 3.07. The molecule has 1 saturated heterocycles. The number of cyclic esters (lactones) is 1. The number of rotatable bonds is 3. The Balaban J connectivity index is 2.16. The molecule has 1 aromatic rings. The van der Waals surface area contributed by atoms with Crippen LogP contribution in [-0.2, 0) is 11.3 Å². The van der Waals surface area contributed by atoms with Gasteiger partial charge < -0.3 is 10.5 Å². The van der Waals surface area contributed by atoms with Crippen LogP contribution in [0.25, 0.3) is 0 Å². The molecular formula is C12H15ClN2O2. The van der Waals surface area contributed by atoms with Crippen LogP contribution >= 0.6 is 11.6 Å². The second-order valence-corrected chi connectivity index (χ2v) is 4.90. The number of ether oxygens (including phenoxy) is 1. The topological polar surface area (TPSA) is 55.6 Å². The molecule has 92 valence electrons. The van der Waals surface area contributed by atoms with Gasteiger partial charge in [0.1, 0.15) is 6.61 Å². The van der Waals surface area contributed by atoms with E-state index in [1.807, 2.05) is 19.1 Å². The number of hydrogen-bond donors (Lipinski definition) is 1. The molecule has 0 aliphatic carbocycles. The SMILES string of the molecule is CC1(CN)COC(=O)N1Cc1ccc(Cl)cc1. The molecule has 2 rings (SSSR count). The molecule has 0 radical (unpaired) electrons. The summed E-state index contributed by atoms with van der Waals surface area (Å²) in [5.74, 6) is 0. The largest absolute Gasteiger partial charge is 0.447 e. The van der Waals surface area contributed by atoms with Crippen LogP contribution < -0.4 is 5.73 Å². The zero-order chi connectivity index (χ0) is 12.5. The van der Waals surface area contributed by atoms with Crippen molar-refractivity contribution in [3.63, 3.8) is 0 Å². The van der Waals surface area contributed by atoms with Crippen LogP contribution in [0, 0.1) is 0 Å². The van der Waals surface area contributed by atoms with Gasteiger partial charge in [-0.05, 0) is 24.6 Å². The Morgan fingerprint density at radius 1 is 1.47 bits per heavy atom. The Morgan fingerprint density at radius 3 is 2.71 bits per heavy atom. The Hall–Kier alpha value is -1.26. The van der Waals surface area contributed by atoms with Crippen LogP contribution in [0.1, 0.15) is 12.5 Å². The van der Waals surface area contributed by atoms with Gasteiger partial charge in [0.15, 0.2) is 0 Å². The Bertz CT molecular complexity index is 421. The summed E-state index contributed by atoms with van der Waals surface area (Å²) in [5, 5.41) is 0.680. The highest BCUT2D eigenvalue weighted by atomic mass is 35.5. The molecule has 1 amide bonds. The number of benzene rings is 1. The standard InChI is InChI=1S/C12H15ClN2O2/c1-12(7-14)8-17-11(16)15(12)6-9-2-4-10(13)5-3-9/h2-5H,6-8,14H2,1H3. The summed E-state index contributed by atoms with van der Waals surface area (Å²) in [6.07, 6.45) is -0.312. The zero-order valence-electron chi connectivity index (χ0n) is 9.65. The molecule has 1 fully saturated rings. The highest BCUT2D eigenvalue weighted by Crippen LogP contribution is 2.25. The molecule has 17 heavy (non-hydrogen) atoms. The lowest BCUT2D eigenvalue weighted by Gasteiger charge is -2.30. The van der Waals surface area contributed by atoms with E-state index in [1.165, 1.54) is 0 Å². The van der Waals surface area contributed by atoms with Gasteiger partial charge in [-0.25, -0.2) is 4.79 Å². The maximum absolute atomic E-state index is 11.6. The summed E-state index contributed by atoms with van der Waals surface area (Å²) in [4.78, 5) is 13.3. The fraction of sp³-hybridized carbons (Fsp3) is 0.417. The predicted octanol–water partition coefficient (Wildman–Crippen LogP) is 2.01. The third-order valence-corrected chi connectivity index (χ3v) is 3.32. The fourth-order valence-electron chi connectivity index (χ4n) is 1.79. The number of nitrogens with two attached hydrogens (primary N) is 1. The smallest absolute Gasteiger partial charge is 0.410 e. The van der Waals surface area contributed by atoms with Crippen molar-refractivity contribution in [2.45, 2.75) is 19.0 Å². The quantitative estimate of drug-likeness (QED) is 0.898. The molecule has 0 saturated carbocycles. The van der Waals surface area contributed by atoms with E-state index in [0.717, 1.165) is 5.56 Å². The number of hydrogen-bond acceptors (Lipinski definition) is 3. The third kappa shape index (κ3) is 2.37. The first kappa shape index (κ1) is 12.2. The molecule has 1 unspecified atom stereocenters. The van der Waals surface area contributed by atoms with Gasteiger partial charge >= 0.3 is 6.09 Å². The summed E-state index contributed by atoms with van der Waals surface area (Å²) in [6.45, 7) is 3.14. The molecule has 0 spiro atoms. The maximum atomic E-state index is 11.6. The minimum absolute atomic E-state index is 0.312. The van der Waals surface area contributed by atoms with Gasteiger partial charge in [0.2, 0.25) is 0 Å². The van der Waals surface area contributed by atoms with Gasteiger partial charge in [-0.2, -0.15) is 0 Å². The Labute approximate surface area is 105 Å². The molecule has 1 heterocycles. The Morgan fingerprint density at radius 2 is 2.12 bits per heavy atom. The summed E-state index contributed by atoms with van der Waals surface area (Å²) in [5.41, 5.74) is 6.29. The molecule has 2 N–H and O–H groups in total. The average Bonchev–Trinajstić information content (AvgIpc) is 2.61. The maximum Gasteiger partial charge on any atom is 0.410 e. The van der Waals surface area contributed by atoms with Crippen LogP contribution in [0.5, 0.6) is 0 Å². The van der Waals surface area contributed by atoms with E-state index in [0.29, 0.717) is 24.7 Å². The van der Waals surface area contributed by atoms with Crippen LogP contribution in [0.3, 0.4) is 0 Å². The van der Waals surface area contributed by atoms with Crippen molar-refractivity contribution >= 4 is 17.7 Å². The molecule has 1 aliphatic heterocycles. The van der Waals surface area contributed by atoms with E-state index in [9.17, 15) is 4.79 Å². The van der Waals surface area contributed by atoms with Crippen LogP contribution in [0.2, 0.25) is 5.02 Å². The lowest BCUT2D eigenvalue weighted by molar-refractivity contribution is 0.151. The van der Waals surface area contributed by atoms with Crippen molar-refractivity contribution in [1.82, 2.24) is 4.90 Å². The normalized spacial score (nSPS) is 23.9. The van der Waals surface area contributed by atoms with E-state index < -0.39 is 5.54 Å². The van der Waals surface area contributed by atoms with Gasteiger partial charge in [-0.3, -0.25) is 4.90 Å². The van der Waals surface area contributed by atoms with E-state index in [2.05, 4.69) is 0 Å². The molecule has 5 heteroatoms. The Kier molecular flexibility index (Phi) is 3.26. The number of carbonyl (C=O) groups excluding carboxylic acids is 1. The number of carbonyl (C=O) groups is 1. The molecule has 1 aliphatic rings. The first-order valence-corrected chi connectivity index (χ1v) is 5.82. The second-order valence-electron chi connectivity index (χ2n) is 4.47. The van der Waals surface area contributed by atoms with Gasteiger partial charge in [0, 0.05) is 18.1 Å². The van der Waals surface area contributed by atoms with E-state index in [1.54, 1.807) is 17.0 Å². The van der Waals surface area contributed by atoms with E-state index in [-0.39, 0.29) is 6.09 Å². The second kappa shape index (κ2) is 4.55. The van der Waals surface area contributed by atoms with Crippen molar-refractivity contribution in [3.05, 3.63) is 34.9 Å². The minimum Gasteiger partial charge on any atom is -0.447 e. The summed E-state index contributed by atoms with van der Waals surface area (Å²) in [7, 11) is 0. The van der Waals surface area contributed by atoms with Gasteiger partial charge in [-0.1, -0.05) is 23.7 Å². The number of amides is 1. The highest BCUT2D eigenvalue weighted by Gasteiger charge is 2.42. The molecular weight excluding hydrogens is 240 g/mol. The minimum atomic E-state index is -0.420. The van der Waals surface area contributed by atoms with Crippen molar-refractivity contribution in [2.75, 3.05) is 13.2 Å². The van der Waals surface area contributed by atoms with E-state index in [4.69, 9.17) is 22.1 Å². The van der Waals surface area contributed by atoms with Crippen LogP contribution in [0.4, 0.5) is 4.79 Å². The van der Waals surface area contributed by atoms with Crippen molar-refractivity contribution in [3.8, 4) is 0 Å². The molecule has 4 nitrogen and oxygen atoms in total. The fourth-order valence-corrected chi connectivity index (χ4v) is 1.92. The number of halogens is 1. The molecule has 1 aromatic carbocycles. The lowest BCUT2D eigenvalue weighted by Crippen LogP contribution is -2.49. The summed E-state index contributed by atoms with van der Waals surface area (Å²) < 4.78 is 5.05. The highest BCUT2D eigenvalue weighted by molar-refractivity contribution is 6.30. The predicted molar refractivity (Wildman–Crippen MR) is 65.8 cm³/mol. The first-order chi connectivity index (χ1) is 8.05. The van der Waals surface area contributed by atoms with Gasteiger partial charge in [-0.15, -0.1) is 0 Å². The van der Waals surface area contributed by atoms with Crippen molar-refractivity contribution in [2.24, 2.45) is 5.73 Å². The van der Waals surface area contributed by atoms with Gasteiger partial charge in [0.25, 0.3) is 0 Å². The summed E-state index contributed by atoms with van der Waals surface area (Å²) in [6, 6.07) is 7.39. The van der Waals surface area contributed by atoms with E-state index >= 15 is 0 Å². The average molecular weight is 255 g/mol. The van der Waals surface area contributed by atoms with Crippen molar-refractivity contribution in [1.29, 1.82) is 0 Å².